The molecule has 0 saturated carbocycles. The number of rotatable bonds is 4. The SMILES string of the molecule is CCC1(CC)CNC(C)CN1Cc1ccc(I)cc1. The molecule has 1 fully saturated rings. The van der Waals surface area contributed by atoms with Crippen LogP contribution in [0.5, 0.6) is 0 Å². The van der Waals surface area contributed by atoms with Crippen molar-refractivity contribution in [2.45, 2.75) is 51.7 Å². The van der Waals surface area contributed by atoms with E-state index in [0.717, 1.165) is 19.6 Å². The predicted molar refractivity (Wildman–Crippen MR) is 90.3 cm³/mol. The van der Waals surface area contributed by atoms with E-state index in [1.807, 2.05) is 0 Å². The lowest BCUT2D eigenvalue weighted by Crippen LogP contribution is -2.63. The number of benzene rings is 1. The lowest BCUT2D eigenvalue weighted by molar-refractivity contribution is 0.0278. The molecule has 106 valence electrons. The highest BCUT2D eigenvalue weighted by Gasteiger charge is 2.37. The van der Waals surface area contributed by atoms with E-state index in [-0.39, 0.29) is 0 Å². The average molecular weight is 372 g/mol. The summed E-state index contributed by atoms with van der Waals surface area (Å²) in [5.74, 6) is 0. The second-order valence-corrected chi connectivity index (χ2v) is 6.97. The van der Waals surface area contributed by atoms with E-state index in [1.54, 1.807) is 0 Å². The lowest BCUT2D eigenvalue weighted by Gasteiger charge is -2.49. The molecule has 0 radical (unpaired) electrons. The van der Waals surface area contributed by atoms with Crippen molar-refractivity contribution in [2.75, 3.05) is 13.1 Å². The van der Waals surface area contributed by atoms with E-state index in [1.165, 1.54) is 22.0 Å². The number of halogens is 1. The van der Waals surface area contributed by atoms with Gasteiger partial charge in [0.25, 0.3) is 0 Å². The van der Waals surface area contributed by atoms with Gasteiger partial charge in [0.1, 0.15) is 0 Å². The number of hydrogen-bond acceptors (Lipinski definition) is 2. The molecule has 1 aromatic carbocycles. The first kappa shape index (κ1) is 15.3. The highest BCUT2D eigenvalue weighted by molar-refractivity contribution is 14.1. The van der Waals surface area contributed by atoms with Crippen molar-refractivity contribution in [1.29, 1.82) is 0 Å². The minimum absolute atomic E-state index is 0.329. The largest absolute Gasteiger partial charge is 0.311 e. The van der Waals surface area contributed by atoms with Gasteiger partial charge in [-0.15, -0.1) is 0 Å². The Morgan fingerprint density at radius 2 is 1.89 bits per heavy atom. The quantitative estimate of drug-likeness (QED) is 0.812. The maximum atomic E-state index is 3.66. The normalized spacial score (nSPS) is 23.5. The van der Waals surface area contributed by atoms with Gasteiger partial charge in [-0.1, -0.05) is 26.0 Å². The molecule has 1 atom stereocenters. The van der Waals surface area contributed by atoms with Crippen LogP contribution in [0.3, 0.4) is 0 Å². The molecule has 1 aromatic rings. The highest BCUT2D eigenvalue weighted by atomic mass is 127. The summed E-state index contributed by atoms with van der Waals surface area (Å²) in [6.07, 6.45) is 2.43. The minimum Gasteiger partial charge on any atom is -0.311 e. The van der Waals surface area contributed by atoms with E-state index in [2.05, 4.69) is 77.8 Å². The first-order valence-corrected chi connectivity index (χ1v) is 8.40. The molecule has 0 aliphatic carbocycles. The maximum Gasteiger partial charge on any atom is 0.0333 e. The van der Waals surface area contributed by atoms with Crippen molar-refractivity contribution in [3.8, 4) is 0 Å². The van der Waals surface area contributed by atoms with E-state index in [9.17, 15) is 0 Å². The molecule has 2 rings (SSSR count). The molecule has 0 bridgehead atoms. The van der Waals surface area contributed by atoms with Crippen LogP contribution < -0.4 is 5.32 Å². The van der Waals surface area contributed by atoms with Gasteiger partial charge in [0.15, 0.2) is 0 Å². The van der Waals surface area contributed by atoms with Crippen molar-refractivity contribution in [1.82, 2.24) is 10.2 Å². The predicted octanol–water partition coefficient (Wildman–Crippen LogP) is 3.64. The van der Waals surface area contributed by atoms with Crippen LogP contribution in [0.25, 0.3) is 0 Å². The summed E-state index contributed by atoms with van der Waals surface area (Å²) in [7, 11) is 0. The molecule has 1 saturated heterocycles. The Morgan fingerprint density at radius 3 is 2.47 bits per heavy atom. The topological polar surface area (TPSA) is 15.3 Å². The van der Waals surface area contributed by atoms with Crippen molar-refractivity contribution in [2.24, 2.45) is 0 Å². The molecule has 0 aromatic heterocycles. The van der Waals surface area contributed by atoms with Crippen molar-refractivity contribution >= 4 is 22.6 Å². The summed E-state index contributed by atoms with van der Waals surface area (Å²) in [5, 5.41) is 3.66. The van der Waals surface area contributed by atoms with Crippen molar-refractivity contribution in [3.05, 3.63) is 33.4 Å². The van der Waals surface area contributed by atoms with Gasteiger partial charge in [-0.3, -0.25) is 4.90 Å². The zero-order valence-electron chi connectivity index (χ0n) is 12.2. The van der Waals surface area contributed by atoms with E-state index >= 15 is 0 Å². The van der Waals surface area contributed by atoms with E-state index < -0.39 is 0 Å². The third-order valence-corrected chi connectivity index (χ3v) is 5.27. The number of piperazine rings is 1. The summed E-state index contributed by atoms with van der Waals surface area (Å²) < 4.78 is 1.31. The number of nitrogens with one attached hydrogen (secondary N) is 1. The molecule has 1 unspecified atom stereocenters. The fourth-order valence-corrected chi connectivity index (χ4v) is 3.41. The van der Waals surface area contributed by atoms with Crippen LogP contribution in [0.2, 0.25) is 0 Å². The highest BCUT2D eigenvalue weighted by Crippen LogP contribution is 2.28. The molecular formula is C16H25IN2. The Hall–Kier alpha value is -0.130. The molecule has 1 N–H and O–H groups in total. The Kier molecular flexibility index (Phi) is 5.26. The average Bonchev–Trinajstić information content (AvgIpc) is 2.42. The van der Waals surface area contributed by atoms with Gasteiger partial charge in [0.05, 0.1) is 0 Å². The Labute approximate surface area is 131 Å². The monoisotopic (exact) mass is 372 g/mol. The number of nitrogens with zero attached hydrogens (tertiary/aromatic N) is 1. The zero-order chi connectivity index (χ0) is 13.9. The number of hydrogen-bond donors (Lipinski definition) is 1. The van der Waals surface area contributed by atoms with Crippen LogP contribution in [-0.4, -0.2) is 29.6 Å². The molecular weight excluding hydrogens is 347 g/mol. The van der Waals surface area contributed by atoms with Crippen molar-refractivity contribution < 1.29 is 0 Å². The van der Waals surface area contributed by atoms with Gasteiger partial charge >= 0.3 is 0 Å². The lowest BCUT2D eigenvalue weighted by atomic mass is 9.87. The molecule has 1 aliphatic heterocycles. The van der Waals surface area contributed by atoms with Gasteiger partial charge in [-0.2, -0.15) is 0 Å². The van der Waals surface area contributed by atoms with Gasteiger partial charge in [-0.25, -0.2) is 0 Å². The maximum absolute atomic E-state index is 3.66. The molecule has 2 nitrogen and oxygen atoms in total. The van der Waals surface area contributed by atoms with Gasteiger partial charge in [0.2, 0.25) is 0 Å². The van der Waals surface area contributed by atoms with Gasteiger partial charge in [-0.05, 0) is 60.1 Å². The third kappa shape index (κ3) is 3.50. The van der Waals surface area contributed by atoms with Crippen molar-refractivity contribution in [3.63, 3.8) is 0 Å². The minimum atomic E-state index is 0.329. The smallest absolute Gasteiger partial charge is 0.0333 e. The van der Waals surface area contributed by atoms with Crippen LogP contribution >= 0.6 is 22.6 Å². The van der Waals surface area contributed by atoms with Crippen LogP contribution in [0.4, 0.5) is 0 Å². The molecule has 19 heavy (non-hydrogen) atoms. The second-order valence-electron chi connectivity index (χ2n) is 5.72. The van der Waals surface area contributed by atoms with Crippen LogP contribution in [0.15, 0.2) is 24.3 Å². The Balaban J connectivity index is 2.16. The fraction of sp³-hybridized carbons (Fsp3) is 0.625. The van der Waals surface area contributed by atoms with Crippen LogP contribution in [0.1, 0.15) is 39.2 Å². The zero-order valence-corrected chi connectivity index (χ0v) is 14.4. The van der Waals surface area contributed by atoms with E-state index in [0.29, 0.717) is 11.6 Å². The van der Waals surface area contributed by atoms with Crippen LogP contribution in [0, 0.1) is 3.57 Å². The fourth-order valence-electron chi connectivity index (χ4n) is 3.05. The molecule has 1 aliphatic rings. The van der Waals surface area contributed by atoms with Gasteiger partial charge in [0, 0.05) is 34.8 Å². The van der Waals surface area contributed by atoms with Crippen LogP contribution in [-0.2, 0) is 6.54 Å². The Morgan fingerprint density at radius 1 is 1.26 bits per heavy atom. The summed E-state index contributed by atoms with van der Waals surface area (Å²) in [5.41, 5.74) is 1.76. The molecule has 1 heterocycles. The van der Waals surface area contributed by atoms with E-state index in [4.69, 9.17) is 0 Å². The first-order chi connectivity index (χ1) is 9.09. The van der Waals surface area contributed by atoms with Gasteiger partial charge < -0.3 is 5.32 Å². The molecule has 3 heteroatoms. The third-order valence-electron chi connectivity index (χ3n) is 4.55. The summed E-state index contributed by atoms with van der Waals surface area (Å²) in [4.78, 5) is 2.69. The summed E-state index contributed by atoms with van der Waals surface area (Å²) in [6, 6.07) is 9.55. The first-order valence-electron chi connectivity index (χ1n) is 7.32. The summed E-state index contributed by atoms with van der Waals surface area (Å²) in [6.45, 7) is 10.3. The summed E-state index contributed by atoms with van der Waals surface area (Å²) >= 11 is 2.37. The second kappa shape index (κ2) is 6.55. The molecule has 0 amide bonds. The molecule has 0 spiro atoms. The standard InChI is InChI=1S/C16H25IN2/c1-4-16(5-2)12-18-13(3)10-19(16)11-14-6-8-15(17)9-7-14/h6-9,13,18H,4-5,10-12H2,1-3H3. The Bertz CT molecular complexity index is 398.